The number of carboxylic acids is 1. The first-order chi connectivity index (χ1) is 30.7. The van der Waals surface area contributed by atoms with E-state index in [1.807, 2.05) is 0 Å². The van der Waals surface area contributed by atoms with E-state index in [0.717, 1.165) is 128 Å². The summed E-state index contributed by atoms with van der Waals surface area (Å²) in [4.78, 5) is 33.6. The number of carbonyl (C=O) groups excluding carboxylic acids is 1. The van der Waals surface area contributed by atoms with Gasteiger partial charge in [-0.2, -0.15) is 0 Å². The Bertz CT molecular complexity index is 1460. The second kappa shape index (κ2) is 46.4. The highest BCUT2D eigenvalue weighted by molar-refractivity contribution is 7.47. The maximum atomic E-state index is 12.7. The maximum absolute atomic E-state index is 12.7. The summed E-state index contributed by atoms with van der Waals surface area (Å²) in [6.45, 7) is 3.55. The van der Waals surface area contributed by atoms with Gasteiger partial charge in [0.2, 0.25) is 0 Å². The molecule has 0 spiro atoms. The number of hydrogen-bond donors (Lipinski definition) is 3. The Balaban J connectivity index is 4.31. The van der Waals surface area contributed by atoms with Crippen molar-refractivity contribution in [2.24, 2.45) is 5.73 Å². The van der Waals surface area contributed by atoms with Gasteiger partial charge < -0.3 is 25.2 Å². The van der Waals surface area contributed by atoms with Gasteiger partial charge in [-0.1, -0.05) is 167 Å². The Labute approximate surface area is 382 Å². The Hall–Kier alpha value is -3.63. The van der Waals surface area contributed by atoms with Crippen LogP contribution in [0.5, 0.6) is 0 Å². The third-order valence-corrected chi connectivity index (χ3v) is 10.2. The fraction of sp³-hybridized carbons (Fsp3) is 0.577. The first kappa shape index (κ1) is 59.4. The number of unbranched alkanes of at least 4 members (excludes halogenated alkanes) is 9. The average molecular weight is 898 g/mol. The number of ether oxygens (including phenoxy) is 2. The fourth-order valence-corrected chi connectivity index (χ4v) is 6.43. The molecule has 0 aliphatic carbocycles. The number of hydrogen-bond acceptors (Lipinski definition) is 8. The molecule has 0 saturated carbocycles. The third-order valence-electron chi connectivity index (χ3n) is 9.24. The lowest BCUT2D eigenvalue weighted by Crippen LogP contribution is -2.34. The number of nitrogens with two attached hydrogens (primary N) is 1. The van der Waals surface area contributed by atoms with E-state index in [4.69, 9.17) is 29.4 Å². The summed E-state index contributed by atoms with van der Waals surface area (Å²) in [6, 6.07) is -1.49. The van der Waals surface area contributed by atoms with Crippen molar-refractivity contribution in [3.8, 4) is 0 Å². The van der Waals surface area contributed by atoms with E-state index >= 15 is 0 Å². The number of phosphoric acid groups is 1. The van der Waals surface area contributed by atoms with Crippen LogP contribution in [0, 0.1) is 0 Å². The molecule has 0 radical (unpaired) electrons. The number of aliphatic carboxylic acids is 1. The lowest BCUT2D eigenvalue weighted by atomic mass is 10.1. The molecule has 11 heteroatoms. The number of allylic oxidation sites excluding steroid dienone is 20. The zero-order valence-electron chi connectivity index (χ0n) is 38.9. The molecule has 0 rings (SSSR count). The van der Waals surface area contributed by atoms with E-state index < -0.39 is 45.1 Å². The van der Waals surface area contributed by atoms with Crippen LogP contribution in [0.15, 0.2) is 122 Å². The van der Waals surface area contributed by atoms with Gasteiger partial charge in [0.15, 0.2) is 0 Å². The molecule has 0 aliphatic rings. The minimum absolute atomic E-state index is 0.0159. The summed E-state index contributed by atoms with van der Waals surface area (Å²) in [7, 11) is -4.64. The Kier molecular flexibility index (Phi) is 43.7. The number of rotatable bonds is 43. The Morgan fingerprint density at radius 2 is 0.873 bits per heavy atom. The average Bonchev–Trinajstić information content (AvgIpc) is 3.26. The van der Waals surface area contributed by atoms with Gasteiger partial charge in [-0.3, -0.25) is 18.6 Å². The fourth-order valence-electron chi connectivity index (χ4n) is 5.66. The topological polar surface area (TPSA) is 155 Å². The molecule has 0 aliphatic heterocycles. The van der Waals surface area contributed by atoms with Gasteiger partial charge in [-0.05, 0) is 103 Å². The van der Waals surface area contributed by atoms with Gasteiger partial charge in [0.1, 0.15) is 12.1 Å². The molecule has 63 heavy (non-hydrogen) atoms. The second-order valence-corrected chi connectivity index (χ2v) is 16.6. The molecular weight excluding hydrogens is 814 g/mol. The van der Waals surface area contributed by atoms with Gasteiger partial charge in [0, 0.05) is 13.0 Å². The van der Waals surface area contributed by atoms with Crippen molar-refractivity contribution in [2.75, 3.05) is 26.4 Å². The van der Waals surface area contributed by atoms with Crippen LogP contribution in [0.4, 0.5) is 0 Å². The van der Waals surface area contributed by atoms with Crippen molar-refractivity contribution < 1.29 is 42.7 Å². The lowest BCUT2D eigenvalue weighted by Gasteiger charge is -2.20. The summed E-state index contributed by atoms with van der Waals surface area (Å²) < 4.78 is 33.4. The third kappa shape index (κ3) is 46.2. The minimum atomic E-state index is -4.64. The summed E-state index contributed by atoms with van der Waals surface area (Å²) in [5, 5.41) is 8.92. The van der Waals surface area contributed by atoms with Crippen LogP contribution in [0.3, 0.4) is 0 Å². The zero-order chi connectivity index (χ0) is 46.2. The summed E-state index contributed by atoms with van der Waals surface area (Å²) >= 11 is 0. The number of phosphoric ester groups is 1. The first-order valence-corrected chi connectivity index (χ1v) is 25.1. The smallest absolute Gasteiger partial charge is 0.472 e. The second-order valence-electron chi connectivity index (χ2n) is 15.1. The Morgan fingerprint density at radius 3 is 1.30 bits per heavy atom. The molecule has 356 valence electrons. The predicted molar refractivity (Wildman–Crippen MR) is 262 cm³/mol. The van der Waals surface area contributed by atoms with E-state index in [0.29, 0.717) is 13.0 Å². The highest BCUT2D eigenvalue weighted by atomic mass is 31.2. The largest absolute Gasteiger partial charge is 0.480 e. The number of carbonyl (C=O) groups is 2. The molecular formula is C52H84NO9P. The molecule has 0 heterocycles. The Morgan fingerprint density at radius 1 is 0.508 bits per heavy atom. The normalized spacial score (nSPS) is 14.9. The van der Waals surface area contributed by atoms with E-state index in [-0.39, 0.29) is 13.0 Å². The molecule has 3 atom stereocenters. The molecule has 0 fully saturated rings. The number of esters is 1. The highest BCUT2D eigenvalue weighted by Crippen LogP contribution is 2.43. The molecule has 0 aromatic carbocycles. The van der Waals surface area contributed by atoms with E-state index in [1.54, 1.807) is 0 Å². The van der Waals surface area contributed by atoms with E-state index in [1.165, 1.54) is 0 Å². The van der Waals surface area contributed by atoms with Crippen LogP contribution in [-0.4, -0.2) is 60.5 Å². The van der Waals surface area contributed by atoms with Gasteiger partial charge in [-0.15, -0.1) is 0 Å². The van der Waals surface area contributed by atoms with Crippen molar-refractivity contribution in [2.45, 2.75) is 167 Å². The van der Waals surface area contributed by atoms with Gasteiger partial charge in [0.25, 0.3) is 0 Å². The summed E-state index contributed by atoms with van der Waals surface area (Å²) in [5.74, 6) is -1.82. The highest BCUT2D eigenvalue weighted by Gasteiger charge is 2.27. The monoisotopic (exact) mass is 898 g/mol. The van der Waals surface area contributed by atoms with E-state index in [9.17, 15) is 19.0 Å². The molecule has 3 unspecified atom stereocenters. The van der Waals surface area contributed by atoms with Crippen LogP contribution >= 0.6 is 7.82 Å². The predicted octanol–water partition coefficient (Wildman–Crippen LogP) is 13.6. The van der Waals surface area contributed by atoms with Crippen molar-refractivity contribution in [3.05, 3.63) is 122 Å². The quantitative estimate of drug-likeness (QED) is 0.0233. The van der Waals surface area contributed by atoms with Crippen LogP contribution in [0.1, 0.15) is 155 Å². The standard InChI is InChI=1S/C52H84NO9P/c1-3-5-7-9-11-13-15-17-19-21-22-23-24-25-26-27-29-31-33-35-37-39-41-43-45-59-46-49(47-60-63(57,58)61-48-50(53)52(55)56)62-51(54)44-42-40-38-36-34-32-30-28-20-18-16-14-12-10-8-6-4-2/h5-8,11-14,17-20,22-23,25-26,29-32,49-50H,3-4,9-10,15-16,21,24,27-28,33-48,53H2,1-2H3,(H,55,56)(H,57,58)/b7-5-,8-6-,13-11-,14-12-,19-17-,20-18-,23-22-,26-25-,31-29-,32-30-. The molecule has 0 bridgehead atoms. The van der Waals surface area contributed by atoms with Gasteiger partial charge in [0.05, 0.1) is 19.8 Å². The minimum Gasteiger partial charge on any atom is -0.480 e. The summed E-state index contributed by atoms with van der Waals surface area (Å²) in [6.07, 6.45) is 63.9. The van der Waals surface area contributed by atoms with Crippen molar-refractivity contribution in [1.29, 1.82) is 0 Å². The summed E-state index contributed by atoms with van der Waals surface area (Å²) in [5.41, 5.74) is 5.36. The molecule has 0 amide bonds. The SMILES string of the molecule is CC/C=C\C/C=C\C/C=C\C/C=C\C/C=C\C/C=C\CCCCCCCOCC(COP(=O)(O)OCC(N)C(=O)O)OC(=O)CCCCCC/C=C\C/C=C\C/C=C\C/C=C\CC. The maximum Gasteiger partial charge on any atom is 0.472 e. The van der Waals surface area contributed by atoms with E-state index in [2.05, 4.69) is 135 Å². The molecule has 0 saturated heterocycles. The molecule has 0 aromatic heterocycles. The van der Waals surface area contributed by atoms with Crippen LogP contribution in [0.2, 0.25) is 0 Å². The van der Waals surface area contributed by atoms with Crippen LogP contribution in [0.25, 0.3) is 0 Å². The van der Waals surface area contributed by atoms with Gasteiger partial charge in [-0.25, -0.2) is 4.57 Å². The number of carboxylic acid groups (broad SMARTS) is 1. The van der Waals surface area contributed by atoms with Gasteiger partial charge >= 0.3 is 19.8 Å². The lowest BCUT2D eigenvalue weighted by molar-refractivity contribution is -0.154. The zero-order valence-corrected chi connectivity index (χ0v) is 39.8. The first-order valence-electron chi connectivity index (χ1n) is 23.6. The van der Waals surface area contributed by atoms with Crippen molar-refractivity contribution >= 4 is 19.8 Å². The molecule has 0 aromatic rings. The van der Waals surface area contributed by atoms with Crippen LogP contribution in [-0.2, 0) is 32.7 Å². The van der Waals surface area contributed by atoms with Crippen LogP contribution < -0.4 is 5.73 Å². The van der Waals surface area contributed by atoms with Crippen molar-refractivity contribution in [1.82, 2.24) is 0 Å². The molecule has 4 N–H and O–H groups in total. The van der Waals surface area contributed by atoms with Crippen molar-refractivity contribution in [3.63, 3.8) is 0 Å². The molecule has 10 nitrogen and oxygen atoms in total.